The van der Waals surface area contributed by atoms with Crippen LogP contribution in [0.3, 0.4) is 0 Å². The summed E-state index contributed by atoms with van der Waals surface area (Å²) < 4.78 is 0. The summed E-state index contributed by atoms with van der Waals surface area (Å²) in [6.07, 6.45) is 0. The van der Waals surface area contributed by atoms with Gasteiger partial charge in [-0.1, -0.05) is 30.3 Å². The topological polar surface area (TPSA) is 3.24 Å². The second kappa shape index (κ2) is 3.74. The Morgan fingerprint density at radius 2 is 1.73 bits per heavy atom. The fraction of sp³-hybridized carbons (Fsp3) is 0.333. The van der Waals surface area contributed by atoms with E-state index in [9.17, 15) is 0 Å². The molecule has 0 saturated heterocycles. The molecule has 1 unspecified atom stereocenters. The van der Waals surface area contributed by atoms with Crippen molar-refractivity contribution in [3.05, 3.63) is 35.9 Å². The highest BCUT2D eigenvalue weighted by Gasteiger charge is 2.07. The van der Waals surface area contributed by atoms with Crippen molar-refractivity contribution < 1.29 is 0 Å². The van der Waals surface area contributed by atoms with E-state index < -0.39 is 0 Å². The summed E-state index contributed by atoms with van der Waals surface area (Å²) in [5.41, 5.74) is 1.12. The Hall–Kier alpha value is -0.530. The second-order valence-electron chi connectivity index (χ2n) is 2.71. The minimum absolute atomic E-state index is 0.0174. The SMILES string of the molecule is CN(C)C(Cl)c1ccccc1. The molecule has 0 heterocycles. The van der Waals surface area contributed by atoms with Crippen LogP contribution in [-0.2, 0) is 0 Å². The molecule has 0 N–H and O–H groups in total. The van der Waals surface area contributed by atoms with Gasteiger partial charge in [-0.05, 0) is 19.7 Å². The molecule has 1 aromatic rings. The van der Waals surface area contributed by atoms with Crippen LogP contribution in [-0.4, -0.2) is 19.0 Å². The Kier molecular flexibility index (Phi) is 2.92. The number of hydrogen-bond donors (Lipinski definition) is 0. The third-order valence-corrected chi connectivity index (χ3v) is 2.17. The van der Waals surface area contributed by atoms with E-state index in [0.717, 1.165) is 5.56 Å². The first-order chi connectivity index (χ1) is 5.22. The van der Waals surface area contributed by atoms with Crippen molar-refractivity contribution >= 4 is 11.6 Å². The van der Waals surface area contributed by atoms with Crippen LogP contribution < -0.4 is 0 Å². The van der Waals surface area contributed by atoms with Crippen molar-refractivity contribution in [2.45, 2.75) is 5.50 Å². The molecule has 0 saturated carbocycles. The summed E-state index contributed by atoms with van der Waals surface area (Å²) in [6.45, 7) is 0. The van der Waals surface area contributed by atoms with E-state index in [2.05, 4.69) is 0 Å². The van der Waals surface area contributed by atoms with Gasteiger partial charge in [-0.15, -0.1) is 11.6 Å². The quantitative estimate of drug-likeness (QED) is 0.486. The summed E-state index contributed by atoms with van der Waals surface area (Å²) in [5, 5.41) is 0. The Bertz CT molecular complexity index is 208. The zero-order valence-corrected chi connectivity index (χ0v) is 7.55. The van der Waals surface area contributed by atoms with Crippen molar-refractivity contribution in [2.75, 3.05) is 14.1 Å². The third kappa shape index (κ3) is 2.21. The molecule has 60 valence electrons. The first-order valence-electron chi connectivity index (χ1n) is 3.57. The van der Waals surface area contributed by atoms with Gasteiger partial charge < -0.3 is 0 Å². The number of halogens is 1. The molecule has 0 aliphatic rings. The number of benzene rings is 1. The molecule has 11 heavy (non-hydrogen) atoms. The zero-order valence-electron chi connectivity index (χ0n) is 6.79. The molecule has 0 radical (unpaired) electrons. The highest BCUT2D eigenvalue weighted by atomic mass is 35.5. The van der Waals surface area contributed by atoms with Crippen LogP contribution in [0.1, 0.15) is 11.1 Å². The first kappa shape index (κ1) is 8.57. The van der Waals surface area contributed by atoms with Gasteiger partial charge >= 0.3 is 0 Å². The Balaban J connectivity index is 2.77. The average molecular weight is 170 g/mol. The highest BCUT2D eigenvalue weighted by Crippen LogP contribution is 2.21. The van der Waals surface area contributed by atoms with Crippen molar-refractivity contribution in [1.82, 2.24) is 4.90 Å². The number of rotatable bonds is 2. The maximum atomic E-state index is 6.07. The summed E-state index contributed by atoms with van der Waals surface area (Å²) in [5.74, 6) is 0. The maximum absolute atomic E-state index is 6.07. The van der Waals surface area contributed by atoms with Crippen molar-refractivity contribution in [1.29, 1.82) is 0 Å². The molecule has 2 heteroatoms. The van der Waals surface area contributed by atoms with E-state index in [4.69, 9.17) is 11.6 Å². The Morgan fingerprint density at radius 3 is 2.18 bits per heavy atom. The van der Waals surface area contributed by atoms with Gasteiger partial charge in [-0.3, -0.25) is 4.90 Å². The average Bonchev–Trinajstić information content (AvgIpc) is 2.05. The van der Waals surface area contributed by atoms with E-state index in [1.165, 1.54) is 0 Å². The van der Waals surface area contributed by atoms with Gasteiger partial charge in [0.25, 0.3) is 0 Å². The smallest absolute Gasteiger partial charge is 0.110 e. The van der Waals surface area contributed by atoms with Gasteiger partial charge in [-0.25, -0.2) is 0 Å². The van der Waals surface area contributed by atoms with E-state index in [1.807, 2.05) is 49.3 Å². The molecule has 0 spiro atoms. The van der Waals surface area contributed by atoms with E-state index in [-0.39, 0.29) is 5.50 Å². The molecule has 0 aliphatic heterocycles. The second-order valence-corrected chi connectivity index (χ2v) is 3.12. The van der Waals surface area contributed by atoms with E-state index in [1.54, 1.807) is 0 Å². The Morgan fingerprint density at radius 1 is 1.18 bits per heavy atom. The summed E-state index contributed by atoms with van der Waals surface area (Å²) >= 11 is 6.07. The minimum Gasteiger partial charge on any atom is -0.290 e. The molecule has 1 atom stereocenters. The van der Waals surface area contributed by atoms with Gasteiger partial charge in [0.2, 0.25) is 0 Å². The normalized spacial score (nSPS) is 13.5. The van der Waals surface area contributed by atoms with Gasteiger partial charge in [0, 0.05) is 0 Å². The lowest BCUT2D eigenvalue weighted by molar-refractivity contribution is 0.384. The summed E-state index contributed by atoms with van der Waals surface area (Å²) in [6, 6.07) is 10.0. The molecule has 0 aromatic heterocycles. The molecule has 0 bridgehead atoms. The van der Waals surface area contributed by atoms with Crippen LogP contribution in [0.2, 0.25) is 0 Å². The largest absolute Gasteiger partial charge is 0.290 e. The molecule has 1 rings (SSSR count). The van der Waals surface area contributed by atoms with Crippen LogP contribution in [0, 0.1) is 0 Å². The molecule has 0 amide bonds. The van der Waals surface area contributed by atoms with Gasteiger partial charge in [0.1, 0.15) is 5.50 Å². The Labute approximate surface area is 72.6 Å². The fourth-order valence-electron chi connectivity index (χ4n) is 0.910. The van der Waals surface area contributed by atoms with E-state index in [0.29, 0.717) is 0 Å². The van der Waals surface area contributed by atoms with Crippen LogP contribution in [0.15, 0.2) is 30.3 Å². The van der Waals surface area contributed by atoms with Crippen molar-refractivity contribution in [2.24, 2.45) is 0 Å². The van der Waals surface area contributed by atoms with Gasteiger partial charge in [0.15, 0.2) is 0 Å². The first-order valence-corrected chi connectivity index (χ1v) is 4.01. The number of alkyl halides is 1. The van der Waals surface area contributed by atoms with Gasteiger partial charge in [0.05, 0.1) is 0 Å². The monoisotopic (exact) mass is 169 g/mol. The zero-order chi connectivity index (χ0) is 8.27. The van der Waals surface area contributed by atoms with Gasteiger partial charge in [-0.2, -0.15) is 0 Å². The van der Waals surface area contributed by atoms with Crippen LogP contribution in [0.5, 0.6) is 0 Å². The lowest BCUT2D eigenvalue weighted by Gasteiger charge is -2.17. The molecular formula is C9H12ClN. The molecular weight excluding hydrogens is 158 g/mol. The van der Waals surface area contributed by atoms with Crippen molar-refractivity contribution in [3.8, 4) is 0 Å². The lowest BCUT2D eigenvalue weighted by atomic mass is 10.2. The van der Waals surface area contributed by atoms with Crippen LogP contribution >= 0.6 is 11.6 Å². The fourth-order valence-corrected chi connectivity index (χ4v) is 1.06. The predicted octanol–water partition coefficient (Wildman–Crippen LogP) is 2.49. The maximum Gasteiger partial charge on any atom is 0.110 e. The van der Waals surface area contributed by atoms with Crippen molar-refractivity contribution in [3.63, 3.8) is 0 Å². The van der Waals surface area contributed by atoms with Crippen LogP contribution in [0.25, 0.3) is 0 Å². The standard InChI is InChI=1S/C9H12ClN/c1-11(2)9(10)8-6-4-3-5-7-8/h3-7,9H,1-2H3. The molecule has 0 fully saturated rings. The highest BCUT2D eigenvalue weighted by molar-refractivity contribution is 6.20. The predicted molar refractivity (Wildman–Crippen MR) is 48.7 cm³/mol. The summed E-state index contributed by atoms with van der Waals surface area (Å²) in [4.78, 5) is 1.97. The molecule has 1 aromatic carbocycles. The molecule has 1 nitrogen and oxygen atoms in total. The lowest BCUT2D eigenvalue weighted by Crippen LogP contribution is -2.14. The molecule has 0 aliphatic carbocycles. The minimum atomic E-state index is -0.0174. The number of hydrogen-bond acceptors (Lipinski definition) is 1. The summed E-state index contributed by atoms with van der Waals surface area (Å²) in [7, 11) is 3.93. The third-order valence-electron chi connectivity index (χ3n) is 1.53. The number of nitrogens with zero attached hydrogens (tertiary/aromatic N) is 1. The van der Waals surface area contributed by atoms with E-state index >= 15 is 0 Å². The van der Waals surface area contributed by atoms with Crippen LogP contribution in [0.4, 0.5) is 0 Å².